The highest BCUT2D eigenvalue weighted by Crippen LogP contribution is 2.21. The molecule has 0 bridgehead atoms. The van der Waals surface area contributed by atoms with Crippen LogP contribution in [0.5, 0.6) is 0 Å². The van der Waals surface area contributed by atoms with E-state index < -0.39 is 41.5 Å². The number of rotatable bonds is 11. The second kappa shape index (κ2) is 12.9. The number of carbonyl (C=O) groups is 3. The highest BCUT2D eigenvalue weighted by molar-refractivity contribution is 5.95. The molecule has 0 aliphatic rings. The number of alkyl carbamates (subject to hydrolysis) is 1. The predicted molar refractivity (Wildman–Crippen MR) is 115 cm³/mol. The molecule has 2 atom stereocenters. The Balaban J connectivity index is 3.01. The molecule has 1 rings (SSSR count). The molecule has 0 radical (unpaired) electrons. The van der Waals surface area contributed by atoms with Crippen molar-refractivity contribution < 1.29 is 33.3 Å². The van der Waals surface area contributed by atoms with Crippen molar-refractivity contribution in [1.29, 1.82) is 0 Å². The van der Waals surface area contributed by atoms with E-state index >= 15 is 0 Å². The molecule has 0 aromatic heterocycles. The first-order valence-corrected chi connectivity index (χ1v) is 10.5. The molecule has 0 spiro atoms. The Kier molecular flexibility index (Phi) is 11.0. The van der Waals surface area contributed by atoms with Crippen molar-refractivity contribution in [2.45, 2.75) is 59.8 Å². The Labute approximate surface area is 184 Å². The lowest BCUT2D eigenvalue weighted by molar-refractivity contribution is -0.165. The molecule has 31 heavy (non-hydrogen) atoms. The van der Waals surface area contributed by atoms with Gasteiger partial charge >= 0.3 is 18.0 Å². The van der Waals surface area contributed by atoms with Gasteiger partial charge in [-0.3, -0.25) is 9.59 Å². The Hall–Kier alpha value is -2.61. The summed E-state index contributed by atoms with van der Waals surface area (Å²) in [7, 11) is 0. The van der Waals surface area contributed by atoms with Crippen LogP contribution in [-0.2, 0) is 35.1 Å². The predicted octanol–water partition coefficient (Wildman–Crippen LogP) is 3.48. The standard InChI is InChI=1S/C23H35NO7/c1-7-29-20(25)19(21(26)30-8-2)16(3)18(24-22(27)31-23(4,5)6)15-28-14-17-12-10-9-11-13-17/h9-13,16,18-19H,7-8,14-15H2,1-6H3,(H,24,27)/t16-,18-/m0/s1. The zero-order chi connectivity index (χ0) is 23.4. The summed E-state index contributed by atoms with van der Waals surface area (Å²) in [6.45, 7) is 10.8. The average Bonchev–Trinajstić information content (AvgIpc) is 2.67. The quantitative estimate of drug-likeness (QED) is 0.321. The summed E-state index contributed by atoms with van der Waals surface area (Å²) in [5.41, 5.74) is 0.253. The van der Waals surface area contributed by atoms with Gasteiger partial charge in [0.25, 0.3) is 0 Å². The van der Waals surface area contributed by atoms with Crippen LogP contribution in [0.25, 0.3) is 0 Å². The Morgan fingerprint density at radius 1 is 0.968 bits per heavy atom. The van der Waals surface area contributed by atoms with Gasteiger partial charge in [0, 0.05) is 5.92 Å². The first kappa shape index (κ1) is 26.4. The molecule has 0 saturated carbocycles. The minimum Gasteiger partial charge on any atom is -0.465 e. The SMILES string of the molecule is CCOC(=O)C(C(=O)OCC)[C@@H](C)[C@H](COCc1ccccc1)NC(=O)OC(C)(C)C. The molecule has 0 fully saturated rings. The van der Waals surface area contributed by atoms with E-state index in [1.54, 1.807) is 41.5 Å². The lowest BCUT2D eigenvalue weighted by Gasteiger charge is -2.30. The smallest absolute Gasteiger partial charge is 0.407 e. The minimum atomic E-state index is -1.21. The van der Waals surface area contributed by atoms with E-state index in [9.17, 15) is 14.4 Å². The van der Waals surface area contributed by atoms with Crippen LogP contribution in [0.3, 0.4) is 0 Å². The Morgan fingerprint density at radius 3 is 2.00 bits per heavy atom. The first-order valence-electron chi connectivity index (χ1n) is 10.5. The molecule has 0 saturated heterocycles. The molecule has 8 nitrogen and oxygen atoms in total. The second-order valence-corrected chi connectivity index (χ2v) is 8.09. The van der Waals surface area contributed by atoms with E-state index in [-0.39, 0.29) is 19.8 Å². The van der Waals surface area contributed by atoms with Crippen LogP contribution >= 0.6 is 0 Å². The largest absolute Gasteiger partial charge is 0.465 e. The summed E-state index contributed by atoms with van der Waals surface area (Å²) in [6, 6.07) is 8.84. The van der Waals surface area contributed by atoms with Gasteiger partial charge in [0.1, 0.15) is 5.60 Å². The van der Waals surface area contributed by atoms with Crippen LogP contribution in [0.1, 0.15) is 47.1 Å². The number of nitrogens with one attached hydrogen (secondary N) is 1. The fourth-order valence-corrected chi connectivity index (χ4v) is 2.88. The number of hydrogen-bond donors (Lipinski definition) is 1. The molecule has 1 aromatic rings. The van der Waals surface area contributed by atoms with Crippen LogP contribution in [0, 0.1) is 11.8 Å². The summed E-state index contributed by atoms with van der Waals surface area (Å²) in [6.07, 6.45) is -0.667. The van der Waals surface area contributed by atoms with Crippen LogP contribution in [0.2, 0.25) is 0 Å². The Morgan fingerprint density at radius 2 is 1.52 bits per heavy atom. The molecule has 0 aliphatic carbocycles. The molecule has 174 valence electrons. The topological polar surface area (TPSA) is 100 Å². The molecule has 0 aliphatic heterocycles. The first-order chi connectivity index (χ1) is 14.6. The van der Waals surface area contributed by atoms with Crippen molar-refractivity contribution in [2.24, 2.45) is 11.8 Å². The number of ether oxygens (including phenoxy) is 4. The molecular weight excluding hydrogens is 402 g/mol. The van der Waals surface area contributed by atoms with Crippen molar-refractivity contribution in [2.75, 3.05) is 19.8 Å². The van der Waals surface area contributed by atoms with Crippen molar-refractivity contribution in [1.82, 2.24) is 5.32 Å². The maximum Gasteiger partial charge on any atom is 0.407 e. The normalized spacial score (nSPS) is 13.3. The zero-order valence-electron chi connectivity index (χ0n) is 19.3. The lowest BCUT2D eigenvalue weighted by atomic mass is 9.87. The Bertz CT molecular complexity index is 682. The molecule has 1 N–H and O–H groups in total. The third-order valence-corrected chi connectivity index (χ3v) is 4.35. The summed E-state index contributed by atoms with van der Waals surface area (Å²) in [5, 5.41) is 2.73. The fraction of sp³-hybridized carbons (Fsp3) is 0.609. The molecular formula is C23H35NO7. The van der Waals surface area contributed by atoms with Crippen molar-refractivity contribution in [3.05, 3.63) is 35.9 Å². The van der Waals surface area contributed by atoms with E-state index in [2.05, 4.69) is 5.32 Å². The minimum absolute atomic E-state index is 0.0601. The van der Waals surface area contributed by atoms with Gasteiger partial charge in [-0.15, -0.1) is 0 Å². The van der Waals surface area contributed by atoms with E-state index in [0.717, 1.165) is 5.56 Å². The molecule has 0 heterocycles. The molecule has 1 aromatic carbocycles. The van der Waals surface area contributed by atoms with Crippen LogP contribution in [-0.4, -0.2) is 49.5 Å². The van der Waals surface area contributed by atoms with E-state index in [1.807, 2.05) is 30.3 Å². The fourth-order valence-electron chi connectivity index (χ4n) is 2.88. The lowest BCUT2D eigenvalue weighted by Crippen LogP contribution is -2.50. The number of carbonyl (C=O) groups excluding carboxylic acids is 3. The van der Waals surface area contributed by atoms with Gasteiger partial charge in [-0.1, -0.05) is 37.3 Å². The summed E-state index contributed by atoms with van der Waals surface area (Å²) in [4.78, 5) is 37.4. The molecule has 0 unspecified atom stereocenters. The maximum absolute atomic E-state index is 12.5. The molecule has 8 heteroatoms. The van der Waals surface area contributed by atoms with Crippen LogP contribution < -0.4 is 5.32 Å². The number of hydrogen-bond acceptors (Lipinski definition) is 7. The zero-order valence-corrected chi connectivity index (χ0v) is 19.3. The number of benzene rings is 1. The monoisotopic (exact) mass is 437 g/mol. The second-order valence-electron chi connectivity index (χ2n) is 8.09. The van der Waals surface area contributed by atoms with E-state index in [0.29, 0.717) is 6.61 Å². The number of amides is 1. The van der Waals surface area contributed by atoms with Gasteiger partial charge in [-0.05, 0) is 40.2 Å². The van der Waals surface area contributed by atoms with Crippen LogP contribution in [0.15, 0.2) is 30.3 Å². The van der Waals surface area contributed by atoms with Crippen molar-refractivity contribution in [3.63, 3.8) is 0 Å². The third-order valence-electron chi connectivity index (χ3n) is 4.35. The average molecular weight is 438 g/mol. The van der Waals surface area contributed by atoms with Gasteiger partial charge in [0.2, 0.25) is 0 Å². The summed E-state index contributed by atoms with van der Waals surface area (Å²) in [5.74, 6) is -3.28. The van der Waals surface area contributed by atoms with Gasteiger partial charge in [0.15, 0.2) is 5.92 Å². The van der Waals surface area contributed by atoms with Gasteiger partial charge in [-0.2, -0.15) is 0 Å². The number of esters is 2. The van der Waals surface area contributed by atoms with E-state index in [4.69, 9.17) is 18.9 Å². The van der Waals surface area contributed by atoms with Crippen LogP contribution in [0.4, 0.5) is 4.79 Å². The highest BCUT2D eigenvalue weighted by Gasteiger charge is 2.40. The van der Waals surface area contributed by atoms with Crippen molar-refractivity contribution >= 4 is 18.0 Å². The maximum atomic E-state index is 12.5. The molecule has 1 amide bonds. The van der Waals surface area contributed by atoms with Gasteiger partial charge in [0.05, 0.1) is 32.5 Å². The third kappa shape index (κ3) is 9.83. The summed E-state index contributed by atoms with van der Waals surface area (Å²) < 4.78 is 21.3. The highest BCUT2D eigenvalue weighted by atomic mass is 16.6. The summed E-state index contributed by atoms with van der Waals surface area (Å²) >= 11 is 0. The van der Waals surface area contributed by atoms with E-state index in [1.165, 1.54) is 0 Å². The van der Waals surface area contributed by atoms with Gasteiger partial charge < -0.3 is 24.3 Å². The van der Waals surface area contributed by atoms with Crippen molar-refractivity contribution in [3.8, 4) is 0 Å². The van der Waals surface area contributed by atoms with Gasteiger partial charge in [-0.25, -0.2) is 4.79 Å².